The van der Waals surface area contributed by atoms with Crippen LogP contribution >= 0.6 is 0 Å². The molecule has 1 rings (SSSR count). The van der Waals surface area contributed by atoms with Crippen molar-refractivity contribution in [3.63, 3.8) is 0 Å². The molecular weight excluding hydrogens is 212 g/mol. The predicted molar refractivity (Wildman–Crippen MR) is 72.5 cm³/mol. The SMILES string of the molecule is CNC(C)(C)C(N)c1ccc(OC)c(C)c1C. The van der Waals surface area contributed by atoms with Gasteiger partial charge in [-0.25, -0.2) is 0 Å². The summed E-state index contributed by atoms with van der Waals surface area (Å²) in [6.07, 6.45) is 0. The largest absolute Gasteiger partial charge is 0.496 e. The molecule has 0 aliphatic heterocycles. The Hall–Kier alpha value is -1.06. The molecule has 0 heterocycles. The van der Waals surface area contributed by atoms with Gasteiger partial charge < -0.3 is 15.8 Å². The van der Waals surface area contributed by atoms with Crippen molar-refractivity contribution in [2.45, 2.75) is 39.3 Å². The first-order valence-corrected chi connectivity index (χ1v) is 5.93. The molecule has 1 unspecified atom stereocenters. The van der Waals surface area contributed by atoms with Crippen LogP contribution in [0.5, 0.6) is 5.75 Å². The number of nitrogens with one attached hydrogen (secondary N) is 1. The third-order valence-corrected chi connectivity index (χ3v) is 3.76. The molecule has 0 radical (unpaired) electrons. The first kappa shape index (κ1) is 14.0. The second kappa shape index (κ2) is 5.07. The Bertz CT molecular complexity index is 399. The maximum absolute atomic E-state index is 6.34. The van der Waals surface area contributed by atoms with E-state index in [1.54, 1.807) is 7.11 Å². The maximum atomic E-state index is 6.34. The number of hydrogen-bond donors (Lipinski definition) is 2. The highest BCUT2D eigenvalue weighted by Crippen LogP contribution is 2.31. The van der Waals surface area contributed by atoms with Gasteiger partial charge in [0, 0.05) is 11.6 Å². The van der Waals surface area contributed by atoms with Crippen LogP contribution < -0.4 is 15.8 Å². The van der Waals surface area contributed by atoms with E-state index in [1.165, 1.54) is 11.1 Å². The average Bonchev–Trinajstić information content (AvgIpc) is 2.31. The molecule has 0 saturated heterocycles. The quantitative estimate of drug-likeness (QED) is 0.843. The van der Waals surface area contributed by atoms with Crippen LogP contribution in [0.2, 0.25) is 0 Å². The first-order valence-electron chi connectivity index (χ1n) is 5.93. The van der Waals surface area contributed by atoms with Crippen LogP contribution in [-0.4, -0.2) is 19.7 Å². The summed E-state index contributed by atoms with van der Waals surface area (Å²) in [4.78, 5) is 0. The Morgan fingerprint density at radius 1 is 1.24 bits per heavy atom. The van der Waals surface area contributed by atoms with E-state index in [2.05, 4.69) is 39.1 Å². The van der Waals surface area contributed by atoms with E-state index in [0.29, 0.717) is 0 Å². The molecule has 0 fully saturated rings. The topological polar surface area (TPSA) is 47.3 Å². The summed E-state index contributed by atoms with van der Waals surface area (Å²) in [7, 11) is 3.63. The standard InChI is InChI=1S/C14H24N2O/c1-9-10(2)12(17-6)8-7-11(9)13(15)14(3,4)16-5/h7-8,13,16H,15H2,1-6H3. The Labute approximate surface area is 104 Å². The van der Waals surface area contributed by atoms with Gasteiger partial charge in [0.05, 0.1) is 7.11 Å². The van der Waals surface area contributed by atoms with Crippen molar-refractivity contribution in [3.05, 3.63) is 28.8 Å². The number of nitrogens with two attached hydrogens (primary N) is 1. The Balaban J connectivity index is 3.21. The molecule has 0 aliphatic carbocycles. The second-order valence-electron chi connectivity index (χ2n) is 5.06. The summed E-state index contributed by atoms with van der Waals surface area (Å²) >= 11 is 0. The molecule has 0 bridgehead atoms. The fourth-order valence-electron chi connectivity index (χ4n) is 1.92. The summed E-state index contributed by atoms with van der Waals surface area (Å²) in [6, 6.07) is 4.01. The lowest BCUT2D eigenvalue weighted by molar-refractivity contribution is 0.347. The van der Waals surface area contributed by atoms with Gasteiger partial charge in [-0.15, -0.1) is 0 Å². The van der Waals surface area contributed by atoms with Gasteiger partial charge in [0.25, 0.3) is 0 Å². The van der Waals surface area contributed by atoms with Crippen molar-refractivity contribution >= 4 is 0 Å². The molecule has 1 aromatic rings. The molecule has 3 N–H and O–H groups in total. The van der Waals surface area contributed by atoms with Gasteiger partial charge in [0.1, 0.15) is 5.75 Å². The fraction of sp³-hybridized carbons (Fsp3) is 0.571. The number of hydrogen-bond acceptors (Lipinski definition) is 3. The van der Waals surface area contributed by atoms with Gasteiger partial charge in [-0.2, -0.15) is 0 Å². The van der Waals surface area contributed by atoms with Crippen molar-refractivity contribution in [2.24, 2.45) is 5.73 Å². The van der Waals surface area contributed by atoms with Gasteiger partial charge in [-0.05, 0) is 57.5 Å². The van der Waals surface area contributed by atoms with E-state index >= 15 is 0 Å². The number of methoxy groups -OCH3 is 1. The molecule has 1 atom stereocenters. The van der Waals surface area contributed by atoms with Crippen molar-refractivity contribution in [1.29, 1.82) is 0 Å². The minimum Gasteiger partial charge on any atom is -0.496 e. The molecule has 17 heavy (non-hydrogen) atoms. The zero-order valence-corrected chi connectivity index (χ0v) is 11.7. The predicted octanol–water partition coefficient (Wildman–Crippen LogP) is 2.31. The summed E-state index contributed by atoms with van der Waals surface area (Å²) in [5.41, 5.74) is 9.75. The van der Waals surface area contributed by atoms with Crippen LogP contribution in [-0.2, 0) is 0 Å². The molecule has 0 spiro atoms. The van der Waals surface area contributed by atoms with Gasteiger partial charge in [-0.3, -0.25) is 0 Å². The zero-order valence-electron chi connectivity index (χ0n) is 11.7. The highest BCUT2D eigenvalue weighted by molar-refractivity contribution is 5.45. The molecule has 0 saturated carbocycles. The van der Waals surface area contributed by atoms with Crippen molar-refractivity contribution in [3.8, 4) is 5.75 Å². The van der Waals surface area contributed by atoms with Crippen LogP contribution in [0.4, 0.5) is 0 Å². The van der Waals surface area contributed by atoms with Gasteiger partial charge in [0.15, 0.2) is 0 Å². The molecule has 0 aromatic heterocycles. The summed E-state index contributed by atoms with van der Waals surface area (Å²) in [5.74, 6) is 0.917. The van der Waals surface area contributed by atoms with E-state index in [9.17, 15) is 0 Å². The molecular formula is C14H24N2O. The van der Waals surface area contributed by atoms with Crippen LogP contribution in [0.1, 0.15) is 36.6 Å². The van der Waals surface area contributed by atoms with Crippen LogP contribution in [0.15, 0.2) is 12.1 Å². The lowest BCUT2D eigenvalue weighted by Gasteiger charge is -2.33. The van der Waals surface area contributed by atoms with Gasteiger partial charge in [0.2, 0.25) is 0 Å². The van der Waals surface area contributed by atoms with E-state index in [0.717, 1.165) is 11.3 Å². The molecule has 3 heteroatoms. The molecule has 96 valence electrons. The third kappa shape index (κ3) is 2.61. The highest BCUT2D eigenvalue weighted by Gasteiger charge is 2.27. The minimum absolute atomic E-state index is 0.0443. The Morgan fingerprint density at radius 3 is 2.29 bits per heavy atom. The van der Waals surface area contributed by atoms with Crippen LogP contribution in [0, 0.1) is 13.8 Å². The Morgan fingerprint density at radius 2 is 1.82 bits per heavy atom. The molecule has 3 nitrogen and oxygen atoms in total. The normalized spacial score (nSPS) is 13.6. The smallest absolute Gasteiger partial charge is 0.122 e. The number of rotatable bonds is 4. The lowest BCUT2D eigenvalue weighted by atomic mass is 9.86. The van der Waals surface area contributed by atoms with E-state index in [-0.39, 0.29) is 11.6 Å². The van der Waals surface area contributed by atoms with E-state index in [4.69, 9.17) is 10.5 Å². The number of likely N-dealkylation sites (N-methyl/N-ethyl adjacent to an activating group) is 1. The van der Waals surface area contributed by atoms with Crippen molar-refractivity contribution in [2.75, 3.05) is 14.2 Å². The summed E-state index contributed by atoms with van der Waals surface area (Å²) in [6.45, 7) is 8.38. The maximum Gasteiger partial charge on any atom is 0.122 e. The van der Waals surface area contributed by atoms with Gasteiger partial charge in [-0.1, -0.05) is 6.07 Å². The number of ether oxygens (including phenoxy) is 1. The van der Waals surface area contributed by atoms with Gasteiger partial charge >= 0.3 is 0 Å². The van der Waals surface area contributed by atoms with E-state index in [1.807, 2.05) is 13.1 Å². The molecule has 0 amide bonds. The van der Waals surface area contributed by atoms with Crippen LogP contribution in [0.25, 0.3) is 0 Å². The summed E-state index contributed by atoms with van der Waals surface area (Å²) in [5, 5.41) is 3.26. The fourth-order valence-corrected chi connectivity index (χ4v) is 1.92. The lowest BCUT2D eigenvalue weighted by Crippen LogP contribution is -2.46. The third-order valence-electron chi connectivity index (χ3n) is 3.76. The average molecular weight is 236 g/mol. The molecule has 1 aromatic carbocycles. The van der Waals surface area contributed by atoms with Crippen molar-refractivity contribution in [1.82, 2.24) is 5.32 Å². The first-order chi connectivity index (χ1) is 7.85. The van der Waals surface area contributed by atoms with E-state index < -0.39 is 0 Å². The summed E-state index contributed by atoms with van der Waals surface area (Å²) < 4.78 is 5.32. The van der Waals surface area contributed by atoms with Crippen LogP contribution in [0.3, 0.4) is 0 Å². The second-order valence-corrected chi connectivity index (χ2v) is 5.06. The monoisotopic (exact) mass is 236 g/mol. The highest BCUT2D eigenvalue weighted by atomic mass is 16.5. The zero-order chi connectivity index (χ0) is 13.2. The van der Waals surface area contributed by atoms with Crippen molar-refractivity contribution < 1.29 is 4.74 Å². The minimum atomic E-state index is -0.133. The number of benzene rings is 1. The molecule has 0 aliphatic rings. The Kier molecular flexibility index (Phi) is 4.17.